The number of hydrogen-bond donors (Lipinski definition) is 4. The van der Waals surface area contributed by atoms with Crippen LogP contribution in [-0.2, 0) is 9.59 Å². The van der Waals surface area contributed by atoms with E-state index in [-0.39, 0.29) is 18.9 Å². The number of amides is 3. The summed E-state index contributed by atoms with van der Waals surface area (Å²) in [5.41, 5.74) is 4.99. The fraction of sp³-hybridized carbons (Fsp3) is 0.786. The Balaban J connectivity index is 2.47. The molecule has 1 saturated carbocycles. The number of rotatable bonds is 7. The molecule has 1 aliphatic carbocycles. The maximum atomic E-state index is 11.9. The second-order valence-corrected chi connectivity index (χ2v) is 5.72. The number of primary amides is 1. The van der Waals surface area contributed by atoms with Crippen LogP contribution in [0.4, 0.5) is 4.79 Å². The predicted octanol–water partition coefficient (Wildman–Crippen LogP) is 0.829. The fourth-order valence-corrected chi connectivity index (χ4v) is 2.94. The number of aliphatic carboxylic acids is 1. The summed E-state index contributed by atoms with van der Waals surface area (Å²) in [5, 5.41) is 14.3. The Morgan fingerprint density at radius 3 is 2.48 bits per heavy atom. The average Bonchev–Trinajstić information content (AvgIpc) is 2.75. The Morgan fingerprint density at radius 2 is 2.00 bits per heavy atom. The number of carbonyl (C=O) groups is 3. The number of hydrogen-bond acceptors (Lipinski definition) is 3. The number of carbonyl (C=O) groups excluding carboxylic acids is 2. The van der Waals surface area contributed by atoms with Crippen LogP contribution < -0.4 is 16.4 Å². The molecule has 1 aliphatic rings. The lowest BCUT2D eigenvalue weighted by atomic mass is 9.93. The molecule has 0 heterocycles. The van der Waals surface area contributed by atoms with Gasteiger partial charge in [-0.1, -0.05) is 20.3 Å². The summed E-state index contributed by atoms with van der Waals surface area (Å²) in [6, 6.07) is -1.53. The molecule has 0 aromatic carbocycles. The van der Waals surface area contributed by atoms with E-state index in [1.807, 2.05) is 0 Å². The van der Waals surface area contributed by atoms with E-state index >= 15 is 0 Å². The van der Waals surface area contributed by atoms with E-state index in [4.69, 9.17) is 10.8 Å². The standard InChI is InChI=1S/C14H25N3O4/c1-3-9-4-5-10(8(9)2)16-14(21)17-11(13(19)20)6-7-12(15)18/h8-11H,3-7H2,1-2H3,(H2,15,18)(H,19,20)(H2,16,17,21)/t8?,9?,10?,11-/m1/s1. The van der Waals surface area contributed by atoms with Crippen LogP contribution in [0.15, 0.2) is 0 Å². The van der Waals surface area contributed by atoms with Crippen molar-refractivity contribution in [3.05, 3.63) is 0 Å². The van der Waals surface area contributed by atoms with Gasteiger partial charge in [-0.25, -0.2) is 9.59 Å². The Kier molecular flexibility index (Phi) is 6.45. The van der Waals surface area contributed by atoms with Crippen LogP contribution in [0, 0.1) is 11.8 Å². The number of carboxylic acid groups (broad SMARTS) is 1. The summed E-state index contributed by atoms with van der Waals surface area (Å²) >= 11 is 0. The van der Waals surface area contributed by atoms with Crippen molar-refractivity contribution in [3.8, 4) is 0 Å². The molecule has 7 nitrogen and oxygen atoms in total. The maximum absolute atomic E-state index is 11.9. The Labute approximate surface area is 124 Å². The highest BCUT2D eigenvalue weighted by atomic mass is 16.4. The molecule has 7 heteroatoms. The van der Waals surface area contributed by atoms with E-state index in [1.165, 1.54) is 0 Å². The number of nitrogens with one attached hydrogen (secondary N) is 2. The molecule has 0 bridgehead atoms. The van der Waals surface area contributed by atoms with Crippen LogP contribution in [-0.4, -0.2) is 35.1 Å². The SMILES string of the molecule is CCC1CCC(NC(=O)N[C@H](CCC(N)=O)C(=O)O)C1C. The van der Waals surface area contributed by atoms with E-state index in [1.54, 1.807) is 0 Å². The molecule has 0 aromatic rings. The molecule has 0 saturated heterocycles. The van der Waals surface area contributed by atoms with Gasteiger partial charge in [0.25, 0.3) is 0 Å². The lowest BCUT2D eigenvalue weighted by Crippen LogP contribution is -2.50. The molecular weight excluding hydrogens is 274 g/mol. The van der Waals surface area contributed by atoms with Gasteiger partial charge in [-0.2, -0.15) is 0 Å². The molecule has 0 aromatic heterocycles. The summed E-state index contributed by atoms with van der Waals surface area (Å²) in [5.74, 6) is -0.772. The minimum Gasteiger partial charge on any atom is -0.480 e. The molecule has 120 valence electrons. The molecule has 3 unspecified atom stereocenters. The minimum atomic E-state index is -1.17. The van der Waals surface area contributed by atoms with E-state index in [0.717, 1.165) is 19.3 Å². The first-order chi connectivity index (χ1) is 9.85. The summed E-state index contributed by atoms with van der Waals surface area (Å²) in [6.45, 7) is 4.24. The Bertz CT molecular complexity index is 400. The maximum Gasteiger partial charge on any atom is 0.326 e. The number of nitrogens with two attached hydrogens (primary N) is 1. The van der Waals surface area contributed by atoms with Gasteiger partial charge < -0.3 is 21.5 Å². The van der Waals surface area contributed by atoms with E-state index in [0.29, 0.717) is 11.8 Å². The van der Waals surface area contributed by atoms with Crippen LogP contribution in [0.1, 0.15) is 46.0 Å². The first-order valence-electron chi connectivity index (χ1n) is 7.43. The first-order valence-corrected chi connectivity index (χ1v) is 7.43. The molecule has 0 aliphatic heterocycles. The zero-order chi connectivity index (χ0) is 16.0. The quantitative estimate of drug-likeness (QED) is 0.556. The van der Waals surface area contributed by atoms with Crippen molar-refractivity contribution in [2.75, 3.05) is 0 Å². The summed E-state index contributed by atoms with van der Waals surface area (Å²) in [6.07, 6.45) is 2.99. The van der Waals surface area contributed by atoms with E-state index in [9.17, 15) is 14.4 Å². The minimum absolute atomic E-state index is 0.00408. The summed E-state index contributed by atoms with van der Waals surface area (Å²) in [7, 11) is 0. The molecule has 1 rings (SSSR count). The third-order valence-corrected chi connectivity index (χ3v) is 4.35. The molecule has 5 N–H and O–H groups in total. The largest absolute Gasteiger partial charge is 0.480 e. The van der Waals surface area contributed by atoms with E-state index < -0.39 is 23.9 Å². The van der Waals surface area contributed by atoms with Gasteiger partial charge in [-0.3, -0.25) is 4.79 Å². The van der Waals surface area contributed by atoms with Crippen LogP contribution in [0.2, 0.25) is 0 Å². The lowest BCUT2D eigenvalue weighted by Gasteiger charge is -2.22. The van der Waals surface area contributed by atoms with Gasteiger partial charge in [0.15, 0.2) is 0 Å². The van der Waals surface area contributed by atoms with Crippen molar-refractivity contribution in [2.45, 2.75) is 58.0 Å². The van der Waals surface area contributed by atoms with E-state index in [2.05, 4.69) is 24.5 Å². The number of urea groups is 1. The highest BCUT2D eigenvalue weighted by molar-refractivity contribution is 5.83. The van der Waals surface area contributed by atoms with Crippen LogP contribution >= 0.6 is 0 Å². The Hall–Kier alpha value is -1.79. The first kappa shape index (κ1) is 17.3. The van der Waals surface area contributed by atoms with Crippen molar-refractivity contribution in [3.63, 3.8) is 0 Å². The molecule has 4 atom stereocenters. The smallest absolute Gasteiger partial charge is 0.326 e. The van der Waals surface area contributed by atoms with Gasteiger partial charge in [0.1, 0.15) is 6.04 Å². The third-order valence-electron chi connectivity index (χ3n) is 4.35. The monoisotopic (exact) mass is 299 g/mol. The molecular formula is C14H25N3O4. The van der Waals surface area contributed by atoms with Gasteiger partial charge in [-0.15, -0.1) is 0 Å². The van der Waals surface area contributed by atoms with Crippen molar-refractivity contribution in [2.24, 2.45) is 17.6 Å². The zero-order valence-electron chi connectivity index (χ0n) is 12.6. The van der Waals surface area contributed by atoms with Crippen molar-refractivity contribution < 1.29 is 19.5 Å². The van der Waals surface area contributed by atoms with Gasteiger partial charge in [0, 0.05) is 12.5 Å². The fourth-order valence-electron chi connectivity index (χ4n) is 2.94. The molecule has 0 radical (unpaired) electrons. The van der Waals surface area contributed by atoms with Gasteiger partial charge in [0.2, 0.25) is 5.91 Å². The highest BCUT2D eigenvalue weighted by Crippen LogP contribution is 2.33. The normalized spacial score (nSPS) is 26.1. The van der Waals surface area contributed by atoms with Crippen LogP contribution in [0.3, 0.4) is 0 Å². The van der Waals surface area contributed by atoms with Crippen LogP contribution in [0.5, 0.6) is 0 Å². The van der Waals surface area contributed by atoms with Crippen molar-refractivity contribution >= 4 is 17.9 Å². The van der Waals surface area contributed by atoms with Gasteiger partial charge in [0.05, 0.1) is 0 Å². The van der Waals surface area contributed by atoms with Gasteiger partial charge >= 0.3 is 12.0 Å². The molecule has 1 fully saturated rings. The average molecular weight is 299 g/mol. The van der Waals surface area contributed by atoms with Crippen molar-refractivity contribution in [1.82, 2.24) is 10.6 Å². The van der Waals surface area contributed by atoms with Crippen molar-refractivity contribution in [1.29, 1.82) is 0 Å². The lowest BCUT2D eigenvalue weighted by molar-refractivity contribution is -0.139. The second-order valence-electron chi connectivity index (χ2n) is 5.72. The van der Waals surface area contributed by atoms with Gasteiger partial charge in [-0.05, 0) is 31.1 Å². The molecule has 21 heavy (non-hydrogen) atoms. The molecule has 3 amide bonds. The topological polar surface area (TPSA) is 122 Å². The summed E-state index contributed by atoms with van der Waals surface area (Å²) < 4.78 is 0. The predicted molar refractivity (Wildman–Crippen MR) is 77.5 cm³/mol. The number of carboxylic acids is 1. The summed E-state index contributed by atoms with van der Waals surface area (Å²) in [4.78, 5) is 33.7. The highest BCUT2D eigenvalue weighted by Gasteiger charge is 2.33. The molecule has 0 spiro atoms. The Morgan fingerprint density at radius 1 is 1.33 bits per heavy atom. The van der Waals surface area contributed by atoms with Crippen LogP contribution in [0.25, 0.3) is 0 Å². The second kappa shape index (κ2) is 7.85. The zero-order valence-corrected chi connectivity index (χ0v) is 12.6. The third kappa shape index (κ3) is 5.24.